The van der Waals surface area contributed by atoms with Gasteiger partial charge in [-0.05, 0) is 49.0 Å². The molecule has 1 fully saturated rings. The minimum Gasteiger partial charge on any atom is -0.369 e. The predicted octanol–water partition coefficient (Wildman–Crippen LogP) is 2.05. The minimum absolute atomic E-state index is 0.112. The number of amides is 1. The zero-order chi connectivity index (χ0) is 21.8. The van der Waals surface area contributed by atoms with E-state index in [-0.39, 0.29) is 11.6 Å². The van der Waals surface area contributed by atoms with E-state index in [2.05, 4.69) is 33.3 Å². The highest BCUT2D eigenvalue weighted by Crippen LogP contribution is 2.21. The number of carbonyl (C=O) groups is 1. The van der Waals surface area contributed by atoms with Crippen LogP contribution in [0, 0.1) is 5.82 Å². The summed E-state index contributed by atoms with van der Waals surface area (Å²) in [7, 11) is 2.11. The summed E-state index contributed by atoms with van der Waals surface area (Å²) in [6.07, 6.45) is 0. The summed E-state index contributed by atoms with van der Waals surface area (Å²) in [6.45, 7) is 4.21. The molecule has 4 rings (SSSR count). The van der Waals surface area contributed by atoms with E-state index in [9.17, 15) is 14.0 Å². The number of aromatic nitrogens is 2. The van der Waals surface area contributed by atoms with E-state index in [1.54, 1.807) is 0 Å². The smallest absolute Gasteiger partial charge is 0.272 e. The fourth-order valence-corrected chi connectivity index (χ4v) is 3.58. The molecule has 1 aliphatic rings. The summed E-state index contributed by atoms with van der Waals surface area (Å²) in [5.41, 5.74) is 2.23. The van der Waals surface area contributed by atoms with Crippen molar-refractivity contribution >= 4 is 11.6 Å². The SMILES string of the molecule is CN1CCN(c2ccccc2CNC(=O)c2ccc(=O)n(-c3ccc(F)cc3)n2)CC1. The third-order valence-corrected chi connectivity index (χ3v) is 5.38. The molecular weight excluding hydrogens is 397 g/mol. The van der Waals surface area contributed by atoms with E-state index in [0.29, 0.717) is 12.2 Å². The van der Waals surface area contributed by atoms with Gasteiger partial charge in [0.25, 0.3) is 11.5 Å². The molecule has 0 saturated carbocycles. The van der Waals surface area contributed by atoms with Crippen LogP contribution in [-0.4, -0.2) is 53.8 Å². The molecule has 160 valence electrons. The average Bonchev–Trinajstić information content (AvgIpc) is 2.79. The van der Waals surface area contributed by atoms with Crippen molar-refractivity contribution in [1.29, 1.82) is 0 Å². The van der Waals surface area contributed by atoms with Crippen LogP contribution >= 0.6 is 0 Å². The molecule has 1 amide bonds. The molecule has 0 radical (unpaired) electrons. The van der Waals surface area contributed by atoms with Gasteiger partial charge in [0.05, 0.1) is 5.69 Å². The van der Waals surface area contributed by atoms with E-state index >= 15 is 0 Å². The number of hydrogen-bond acceptors (Lipinski definition) is 5. The summed E-state index contributed by atoms with van der Waals surface area (Å²) < 4.78 is 14.3. The zero-order valence-electron chi connectivity index (χ0n) is 17.3. The summed E-state index contributed by atoms with van der Waals surface area (Å²) >= 11 is 0. The van der Waals surface area contributed by atoms with Gasteiger partial charge in [-0.3, -0.25) is 9.59 Å². The van der Waals surface area contributed by atoms with Crippen molar-refractivity contribution in [3.63, 3.8) is 0 Å². The third kappa shape index (κ3) is 4.80. The van der Waals surface area contributed by atoms with E-state index in [0.717, 1.165) is 42.1 Å². The van der Waals surface area contributed by atoms with Crippen molar-refractivity contribution in [3.05, 3.63) is 88.1 Å². The summed E-state index contributed by atoms with van der Waals surface area (Å²) in [6, 6.07) is 16.1. The van der Waals surface area contributed by atoms with Crippen LogP contribution in [0.25, 0.3) is 5.69 Å². The normalized spacial score (nSPS) is 14.5. The number of anilines is 1. The Hall–Kier alpha value is -3.52. The number of nitrogens with one attached hydrogen (secondary N) is 1. The first-order valence-electron chi connectivity index (χ1n) is 10.2. The molecule has 1 aromatic heterocycles. The lowest BCUT2D eigenvalue weighted by atomic mass is 10.1. The van der Waals surface area contributed by atoms with E-state index in [1.165, 1.54) is 36.4 Å². The highest BCUT2D eigenvalue weighted by molar-refractivity contribution is 5.92. The molecule has 0 bridgehead atoms. The van der Waals surface area contributed by atoms with Crippen molar-refractivity contribution in [2.45, 2.75) is 6.54 Å². The number of carbonyl (C=O) groups excluding carboxylic acids is 1. The quantitative estimate of drug-likeness (QED) is 0.683. The first kappa shape index (κ1) is 20.7. The molecule has 1 aliphatic heterocycles. The third-order valence-electron chi connectivity index (χ3n) is 5.38. The van der Waals surface area contributed by atoms with Crippen molar-refractivity contribution in [1.82, 2.24) is 20.0 Å². The Bertz CT molecular complexity index is 1120. The van der Waals surface area contributed by atoms with Crippen LogP contribution in [0.5, 0.6) is 0 Å². The van der Waals surface area contributed by atoms with Crippen molar-refractivity contribution in [2.75, 3.05) is 38.1 Å². The first-order chi connectivity index (χ1) is 15.0. The van der Waals surface area contributed by atoms with Crippen LogP contribution in [-0.2, 0) is 6.54 Å². The van der Waals surface area contributed by atoms with Crippen LogP contribution in [0.3, 0.4) is 0 Å². The lowest BCUT2D eigenvalue weighted by molar-refractivity contribution is 0.0944. The number of piperazine rings is 1. The summed E-state index contributed by atoms with van der Waals surface area (Å²) in [5, 5.41) is 7.06. The second-order valence-corrected chi connectivity index (χ2v) is 7.55. The zero-order valence-corrected chi connectivity index (χ0v) is 17.3. The molecule has 0 aliphatic carbocycles. The van der Waals surface area contributed by atoms with Gasteiger partial charge in [0.15, 0.2) is 0 Å². The number of benzene rings is 2. The Morgan fingerprint density at radius 2 is 1.71 bits per heavy atom. The van der Waals surface area contributed by atoms with Gasteiger partial charge in [0.2, 0.25) is 0 Å². The molecule has 7 nitrogen and oxygen atoms in total. The topological polar surface area (TPSA) is 70.5 Å². The van der Waals surface area contributed by atoms with Gasteiger partial charge in [-0.15, -0.1) is 0 Å². The fraction of sp³-hybridized carbons (Fsp3) is 0.261. The maximum atomic E-state index is 13.2. The summed E-state index contributed by atoms with van der Waals surface area (Å²) in [4.78, 5) is 29.5. The second-order valence-electron chi connectivity index (χ2n) is 7.55. The maximum absolute atomic E-state index is 13.2. The van der Waals surface area contributed by atoms with Gasteiger partial charge in [-0.25, -0.2) is 4.39 Å². The summed E-state index contributed by atoms with van der Waals surface area (Å²) in [5.74, 6) is -0.797. The fourth-order valence-electron chi connectivity index (χ4n) is 3.58. The molecule has 2 heterocycles. The molecule has 1 saturated heterocycles. The number of halogens is 1. The van der Waals surface area contributed by atoms with Crippen molar-refractivity contribution in [2.24, 2.45) is 0 Å². The van der Waals surface area contributed by atoms with Gasteiger partial charge in [0, 0.05) is 44.5 Å². The Morgan fingerprint density at radius 1 is 1.00 bits per heavy atom. The first-order valence-corrected chi connectivity index (χ1v) is 10.2. The van der Waals surface area contributed by atoms with Crippen LogP contribution in [0.4, 0.5) is 10.1 Å². The molecule has 0 unspecified atom stereocenters. The number of nitrogens with zero attached hydrogens (tertiary/aromatic N) is 4. The molecule has 1 N–H and O–H groups in total. The highest BCUT2D eigenvalue weighted by Gasteiger charge is 2.17. The maximum Gasteiger partial charge on any atom is 0.272 e. The lowest BCUT2D eigenvalue weighted by Gasteiger charge is -2.35. The highest BCUT2D eigenvalue weighted by atomic mass is 19.1. The van der Waals surface area contributed by atoms with Gasteiger partial charge >= 0.3 is 0 Å². The predicted molar refractivity (Wildman–Crippen MR) is 117 cm³/mol. The molecule has 0 spiro atoms. The number of rotatable bonds is 5. The van der Waals surface area contributed by atoms with Crippen molar-refractivity contribution < 1.29 is 9.18 Å². The van der Waals surface area contributed by atoms with Gasteiger partial charge in [-0.1, -0.05) is 18.2 Å². The van der Waals surface area contributed by atoms with E-state index in [4.69, 9.17) is 0 Å². The molecule has 3 aromatic rings. The number of likely N-dealkylation sites (N-methyl/N-ethyl adjacent to an activating group) is 1. The molecule has 8 heteroatoms. The van der Waals surface area contributed by atoms with E-state index < -0.39 is 11.4 Å². The van der Waals surface area contributed by atoms with E-state index in [1.807, 2.05) is 18.2 Å². The molecule has 2 aromatic carbocycles. The Kier molecular flexibility index (Phi) is 6.08. The van der Waals surface area contributed by atoms with Gasteiger partial charge < -0.3 is 15.1 Å². The van der Waals surface area contributed by atoms with Gasteiger partial charge in [-0.2, -0.15) is 9.78 Å². The van der Waals surface area contributed by atoms with Crippen LogP contribution in [0.1, 0.15) is 16.1 Å². The second kappa shape index (κ2) is 9.09. The standard InChI is InChI=1S/C23H24FN5O2/c1-27-12-14-28(15-13-27)21-5-3-2-4-17(21)16-25-23(31)20-10-11-22(30)29(26-20)19-8-6-18(24)7-9-19/h2-11H,12-16H2,1H3,(H,25,31). The molecule has 31 heavy (non-hydrogen) atoms. The molecular formula is C23H24FN5O2. The lowest BCUT2D eigenvalue weighted by Crippen LogP contribution is -2.45. The van der Waals surface area contributed by atoms with Gasteiger partial charge in [0.1, 0.15) is 11.5 Å². The Morgan fingerprint density at radius 3 is 2.45 bits per heavy atom. The Labute approximate surface area is 179 Å². The van der Waals surface area contributed by atoms with Crippen LogP contribution in [0.15, 0.2) is 65.5 Å². The monoisotopic (exact) mass is 421 g/mol. The molecule has 0 atom stereocenters. The largest absolute Gasteiger partial charge is 0.369 e. The number of para-hydroxylation sites is 1. The average molecular weight is 421 g/mol. The van der Waals surface area contributed by atoms with Crippen molar-refractivity contribution in [3.8, 4) is 5.69 Å². The van der Waals surface area contributed by atoms with Crippen LogP contribution < -0.4 is 15.8 Å². The number of hydrogen-bond donors (Lipinski definition) is 1. The van der Waals surface area contributed by atoms with Crippen LogP contribution in [0.2, 0.25) is 0 Å². The minimum atomic E-state index is -0.412. The Balaban J connectivity index is 1.49.